The molecule has 0 amide bonds. The van der Waals surface area contributed by atoms with Gasteiger partial charge >= 0.3 is 0 Å². The Hall–Kier alpha value is -1.25. The molecule has 0 rings (SSSR count). The van der Waals surface area contributed by atoms with E-state index in [0.29, 0.717) is 5.82 Å². The smallest absolute Gasteiger partial charge is 0.145 e. The monoisotopic (exact) mass is 109 g/mol. The highest BCUT2D eigenvalue weighted by Gasteiger charge is 1.72. The Balaban J connectivity index is 3.69. The molecule has 0 aromatic carbocycles. The number of nitrogens with zero attached hydrogens (tertiary/aromatic N) is 3. The van der Waals surface area contributed by atoms with Gasteiger partial charge in [-0.25, -0.2) is 9.98 Å². The molecule has 3 heteroatoms. The van der Waals surface area contributed by atoms with Crippen LogP contribution in [-0.4, -0.2) is 19.8 Å². The predicted octanol–water partition coefficient (Wildman–Crippen LogP) is 0.887. The molecule has 42 valence electrons. The number of hydrogen-bond donors (Lipinski definition) is 0. The van der Waals surface area contributed by atoms with Crippen LogP contribution in [0.1, 0.15) is 0 Å². The molecule has 0 spiro atoms. The van der Waals surface area contributed by atoms with Crippen LogP contribution >= 0.6 is 0 Å². The summed E-state index contributed by atoms with van der Waals surface area (Å²) in [6.45, 7) is 9.75. The molecule has 0 fully saturated rings. The van der Waals surface area contributed by atoms with Crippen LogP contribution in [-0.2, 0) is 0 Å². The van der Waals surface area contributed by atoms with Crippen molar-refractivity contribution in [3.8, 4) is 0 Å². The van der Waals surface area contributed by atoms with E-state index in [2.05, 4.69) is 35.0 Å². The van der Waals surface area contributed by atoms with Gasteiger partial charge in [0.25, 0.3) is 0 Å². The van der Waals surface area contributed by atoms with E-state index in [-0.39, 0.29) is 0 Å². The van der Waals surface area contributed by atoms with E-state index in [1.165, 1.54) is 6.34 Å². The van der Waals surface area contributed by atoms with Crippen molar-refractivity contribution in [1.82, 2.24) is 0 Å². The molecular weight excluding hydrogens is 102 g/mol. The van der Waals surface area contributed by atoms with Crippen LogP contribution in [0.25, 0.3) is 0 Å². The van der Waals surface area contributed by atoms with Crippen LogP contribution in [0.3, 0.4) is 0 Å². The number of aliphatic imine (C=N–C) groups is 3. The summed E-state index contributed by atoms with van der Waals surface area (Å²) in [5.41, 5.74) is 0. The Bertz CT molecular complexity index is 135. The molecule has 0 aromatic heterocycles. The summed E-state index contributed by atoms with van der Waals surface area (Å²) >= 11 is 0. The zero-order valence-electron chi connectivity index (χ0n) is 4.54. The summed E-state index contributed by atoms with van der Waals surface area (Å²) in [7, 11) is 0. The Morgan fingerprint density at radius 2 is 2.00 bits per heavy atom. The van der Waals surface area contributed by atoms with Crippen molar-refractivity contribution in [2.24, 2.45) is 15.0 Å². The van der Waals surface area contributed by atoms with Gasteiger partial charge in [0.15, 0.2) is 0 Å². The van der Waals surface area contributed by atoms with Gasteiger partial charge in [0.1, 0.15) is 12.2 Å². The van der Waals surface area contributed by atoms with E-state index in [4.69, 9.17) is 0 Å². The van der Waals surface area contributed by atoms with Gasteiger partial charge in [-0.3, -0.25) is 4.99 Å². The van der Waals surface area contributed by atoms with E-state index >= 15 is 0 Å². The molecule has 8 heavy (non-hydrogen) atoms. The number of rotatable bonds is 3. The fraction of sp³-hybridized carbons (Fsp3) is 0. The fourth-order valence-corrected chi connectivity index (χ4v) is 0.148. The van der Waals surface area contributed by atoms with Crippen molar-refractivity contribution >= 4 is 19.8 Å². The van der Waals surface area contributed by atoms with Gasteiger partial charge in [-0.15, -0.1) is 0 Å². The zero-order valence-corrected chi connectivity index (χ0v) is 4.54. The molecule has 3 nitrogen and oxygen atoms in total. The van der Waals surface area contributed by atoms with Crippen LogP contribution in [0.5, 0.6) is 0 Å². The van der Waals surface area contributed by atoms with Crippen molar-refractivity contribution in [3.63, 3.8) is 0 Å². The minimum Gasteiger partial charge on any atom is -0.253 e. The standard InChI is InChI=1S/C5H7N3/c1-5(7-3)8-4-6-2/h4H,1-3H2. The Morgan fingerprint density at radius 1 is 1.38 bits per heavy atom. The maximum atomic E-state index is 3.58. The van der Waals surface area contributed by atoms with Gasteiger partial charge in [0, 0.05) is 0 Å². The molecule has 0 N–H and O–H groups in total. The molecule has 0 radical (unpaired) electrons. The second kappa shape index (κ2) is 3.92. The lowest BCUT2D eigenvalue weighted by atomic mass is 10.8. The van der Waals surface area contributed by atoms with E-state index in [1.54, 1.807) is 0 Å². The molecule has 0 saturated carbocycles. The second-order valence-corrected chi connectivity index (χ2v) is 1.00. The molecule has 0 aliphatic rings. The Labute approximate surface area is 48.2 Å². The van der Waals surface area contributed by atoms with Gasteiger partial charge in [-0.2, -0.15) is 0 Å². The van der Waals surface area contributed by atoms with Crippen molar-refractivity contribution in [1.29, 1.82) is 0 Å². The van der Waals surface area contributed by atoms with Crippen LogP contribution in [0.15, 0.2) is 27.4 Å². The SMILES string of the molecule is C=NC=NC(=C)N=C. The third kappa shape index (κ3) is 2.96. The van der Waals surface area contributed by atoms with Crippen molar-refractivity contribution < 1.29 is 0 Å². The largest absolute Gasteiger partial charge is 0.253 e. The third-order valence-electron chi connectivity index (χ3n) is 0.471. The highest BCUT2D eigenvalue weighted by Crippen LogP contribution is 1.88. The van der Waals surface area contributed by atoms with Gasteiger partial charge in [0.05, 0.1) is 0 Å². The van der Waals surface area contributed by atoms with E-state index in [9.17, 15) is 0 Å². The first-order chi connectivity index (χ1) is 3.81. The summed E-state index contributed by atoms with van der Waals surface area (Å²) in [6, 6.07) is 0. The summed E-state index contributed by atoms with van der Waals surface area (Å²) in [5.74, 6) is 0.345. The lowest BCUT2D eigenvalue weighted by Gasteiger charge is -1.80. The maximum absolute atomic E-state index is 3.58. The minimum absolute atomic E-state index is 0.345. The molecular formula is C5H7N3. The molecule has 0 aromatic rings. The van der Waals surface area contributed by atoms with Crippen LogP contribution in [0, 0.1) is 0 Å². The molecule has 0 unspecified atom stereocenters. The quantitative estimate of drug-likeness (QED) is 0.381. The van der Waals surface area contributed by atoms with E-state index < -0.39 is 0 Å². The molecule has 0 saturated heterocycles. The van der Waals surface area contributed by atoms with Crippen molar-refractivity contribution in [2.75, 3.05) is 0 Å². The van der Waals surface area contributed by atoms with Gasteiger partial charge in [0.2, 0.25) is 0 Å². The summed E-state index contributed by atoms with van der Waals surface area (Å²) in [6.07, 6.45) is 1.26. The van der Waals surface area contributed by atoms with Gasteiger partial charge < -0.3 is 0 Å². The van der Waals surface area contributed by atoms with Gasteiger partial charge in [-0.05, 0) is 13.4 Å². The fourth-order valence-electron chi connectivity index (χ4n) is 0.148. The minimum atomic E-state index is 0.345. The number of hydrogen-bond acceptors (Lipinski definition) is 2. The average molecular weight is 109 g/mol. The van der Waals surface area contributed by atoms with E-state index in [1.807, 2.05) is 0 Å². The highest BCUT2D eigenvalue weighted by molar-refractivity contribution is 5.63. The van der Waals surface area contributed by atoms with Crippen molar-refractivity contribution in [2.45, 2.75) is 0 Å². The first-order valence-corrected chi connectivity index (χ1v) is 1.95. The van der Waals surface area contributed by atoms with Crippen LogP contribution < -0.4 is 0 Å². The van der Waals surface area contributed by atoms with Crippen molar-refractivity contribution in [3.05, 3.63) is 12.4 Å². The average Bonchev–Trinajstić information content (AvgIpc) is 1.83. The molecule has 0 bridgehead atoms. The first kappa shape index (κ1) is 6.75. The van der Waals surface area contributed by atoms with E-state index in [0.717, 1.165) is 0 Å². The first-order valence-electron chi connectivity index (χ1n) is 1.95. The molecule has 0 aliphatic heterocycles. The predicted molar refractivity (Wildman–Crippen MR) is 36.7 cm³/mol. The molecule has 0 heterocycles. The normalized spacial score (nSPS) is 9.00. The zero-order chi connectivity index (χ0) is 6.41. The molecule has 0 aliphatic carbocycles. The third-order valence-corrected chi connectivity index (χ3v) is 0.471. The molecule has 0 atom stereocenters. The Kier molecular flexibility index (Phi) is 3.31. The topological polar surface area (TPSA) is 37.1 Å². The van der Waals surface area contributed by atoms with Crippen LogP contribution in [0.2, 0.25) is 0 Å². The lowest BCUT2D eigenvalue weighted by Crippen LogP contribution is -1.66. The van der Waals surface area contributed by atoms with Crippen LogP contribution in [0.4, 0.5) is 0 Å². The second-order valence-electron chi connectivity index (χ2n) is 1.00. The maximum Gasteiger partial charge on any atom is 0.145 e. The summed E-state index contributed by atoms with van der Waals surface area (Å²) in [4.78, 5) is 10.3. The Morgan fingerprint density at radius 3 is 2.38 bits per heavy atom. The summed E-state index contributed by atoms with van der Waals surface area (Å²) in [5, 5.41) is 0. The van der Waals surface area contributed by atoms with Gasteiger partial charge in [-0.1, -0.05) is 6.58 Å². The lowest BCUT2D eigenvalue weighted by molar-refractivity contribution is 1.28. The highest BCUT2D eigenvalue weighted by atomic mass is 15.0. The summed E-state index contributed by atoms with van der Waals surface area (Å²) < 4.78 is 0.